The number of carbonyl (C=O) groups excluding carboxylic acids is 1. The molecule has 1 saturated heterocycles. The Balaban J connectivity index is 1.71. The number of primary amides is 1. The van der Waals surface area contributed by atoms with Gasteiger partial charge >= 0.3 is 0 Å². The molecule has 1 amide bonds. The van der Waals surface area contributed by atoms with E-state index in [-0.39, 0.29) is 5.54 Å². The number of nitrogens with one attached hydrogen (secondary N) is 3. The molecule has 0 atom stereocenters. The number of rotatable bonds is 3. The number of hydrogen-bond acceptors (Lipinski definition) is 5. The Bertz CT molecular complexity index is 905. The van der Waals surface area contributed by atoms with Crippen LogP contribution in [0.4, 0.5) is 11.4 Å². The summed E-state index contributed by atoms with van der Waals surface area (Å²) in [5, 5.41) is 11.2. The van der Waals surface area contributed by atoms with E-state index in [4.69, 9.17) is 22.3 Å². The van der Waals surface area contributed by atoms with E-state index in [0.717, 1.165) is 43.0 Å². The van der Waals surface area contributed by atoms with Crippen molar-refractivity contribution in [1.82, 2.24) is 10.6 Å². The number of nitrogens with two attached hydrogens (primary N) is 1. The van der Waals surface area contributed by atoms with Crippen molar-refractivity contribution in [2.45, 2.75) is 24.9 Å². The molecule has 2 aromatic rings. The largest absolute Gasteiger partial charge is 0.371 e. The van der Waals surface area contributed by atoms with Crippen molar-refractivity contribution in [3.05, 3.63) is 58.6 Å². The zero-order chi connectivity index (χ0) is 18.9. The Morgan fingerprint density at radius 1 is 1.22 bits per heavy atom. The van der Waals surface area contributed by atoms with Gasteiger partial charge in [0.15, 0.2) is 0 Å². The third kappa shape index (κ3) is 3.50. The lowest BCUT2D eigenvalue weighted by atomic mass is 9.84. The van der Waals surface area contributed by atoms with Gasteiger partial charge in [0.05, 0.1) is 16.8 Å². The molecule has 0 saturated carbocycles. The Kier molecular flexibility index (Phi) is 4.76. The predicted octanol–water partition coefficient (Wildman–Crippen LogP) is 2.81. The molecule has 1 fully saturated rings. The number of fused-ring (bicyclic) bond motifs is 1. The van der Waals surface area contributed by atoms with Crippen LogP contribution in [0.5, 0.6) is 0 Å². The third-order valence-electron chi connectivity index (χ3n) is 5.16. The highest BCUT2D eigenvalue weighted by Crippen LogP contribution is 2.39. The van der Waals surface area contributed by atoms with Crippen LogP contribution in [0.25, 0.3) is 0 Å². The number of para-hydroxylation sites is 1. The summed E-state index contributed by atoms with van der Waals surface area (Å²) in [6.07, 6.45) is 1.79. The van der Waals surface area contributed by atoms with Crippen molar-refractivity contribution < 1.29 is 4.79 Å². The van der Waals surface area contributed by atoms with Crippen LogP contribution in [0, 0.1) is 0 Å². The molecule has 6 nitrogen and oxygen atoms in total. The van der Waals surface area contributed by atoms with E-state index in [1.807, 2.05) is 36.4 Å². The van der Waals surface area contributed by atoms with Crippen LogP contribution in [0.15, 0.2) is 47.5 Å². The Labute approximate surface area is 163 Å². The zero-order valence-corrected chi connectivity index (χ0v) is 15.6. The summed E-state index contributed by atoms with van der Waals surface area (Å²) < 4.78 is 0. The van der Waals surface area contributed by atoms with Crippen molar-refractivity contribution in [3.63, 3.8) is 0 Å². The fraction of sp³-hybridized carbons (Fsp3) is 0.300. The minimum absolute atomic E-state index is 0.285. The summed E-state index contributed by atoms with van der Waals surface area (Å²) in [4.78, 5) is 16.7. The Hall–Kier alpha value is -2.57. The molecule has 7 heteroatoms. The minimum atomic E-state index is -0.479. The molecule has 0 bridgehead atoms. The van der Waals surface area contributed by atoms with Gasteiger partial charge in [-0.05, 0) is 55.8 Å². The molecule has 1 spiro atoms. The molecule has 0 unspecified atom stereocenters. The topological polar surface area (TPSA) is 91.5 Å². The number of halogens is 1. The molecule has 0 radical (unpaired) electrons. The zero-order valence-electron chi connectivity index (χ0n) is 14.9. The number of hydrogen-bond donors (Lipinski definition) is 4. The van der Waals surface area contributed by atoms with E-state index in [0.29, 0.717) is 22.8 Å². The molecule has 0 aromatic heterocycles. The monoisotopic (exact) mass is 383 g/mol. The average Bonchev–Trinajstić information content (AvgIpc) is 2.66. The number of benzene rings is 2. The second kappa shape index (κ2) is 7.21. The number of amides is 1. The van der Waals surface area contributed by atoms with Gasteiger partial charge in [0.1, 0.15) is 11.5 Å². The Morgan fingerprint density at radius 2 is 2.00 bits per heavy atom. The molecule has 2 heterocycles. The van der Waals surface area contributed by atoms with E-state index in [1.54, 1.807) is 6.07 Å². The summed E-state index contributed by atoms with van der Waals surface area (Å²) in [5.41, 5.74) is 8.21. The van der Waals surface area contributed by atoms with Crippen LogP contribution in [0.1, 0.15) is 28.8 Å². The van der Waals surface area contributed by atoms with Crippen molar-refractivity contribution in [3.8, 4) is 0 Å². The SMILES string of the molecule is NC(=O)c1cccc2c1N=C(NCc1cccc(Cl)c1)C1(CCNCC1)N2. The standard InChI is InChI=1S/C20H22ClN5O/c21-14-4-1-3-13(11-14)12-24-19-20(7-9-23-10-8-20)26-16-6-2-5-15(18(22)27)17(16)25-19/h1-6,11,23,26H,7-10,12H2,(H2,22,27)(H,24,25). The highest BCUT2D eigenvalue weighted by Gasteiger charge is 2.40. The molecule has 2 aromatic carbocycles. The predicted molar refractivity (Wildman–Crippen MR) is 109 cm³/mol. The Morgan fingerprint density at radius 3 is 2.74 bits per heavy atom. The highest BCUT2D eigenvalue weighted by molar-refractivity contribution is 6.30. The van der Waals surface area contributed by atoms with Gasteiger partial charge in [-0.15, -0.1) is 0 Å². The molecular weight excluding hydrogens is 362 g/mol. The van der Waals surface area contributed by atoms with E-state index < -0.39 is 5.91 Å². The second-order valence-corrected chi connectivity index (χ2v) is 7.40. The van der Waals surface area contributed by atoms with E-state index in [2.05, 4.69) is 16.0 Å². The van der Waals surface area contributed by atoms with Crippen LogP contribution < -0.4 is 21.7 Å². The lowest BCUT2D eigenvalue weighted by Crippen LogP contribution is -2.58. The molecule has 4 rings (SSSR count). The first kappa shape index (κ1) is 17.8. The average molecular weight is 384 g/mol. The lowest BCUT2D eigenvalue weighted by molar-refractivity contribution is 0.100. The summed E-state index contributed by atoms with van der Waals surface area (Å²) in [6.45, 7) is 2.40. The summed E-state index contributed by atoms with van der Waals surface area (Å²) in [6, 6.07) is 13.2. The molecule has 140 valence electrons. The first-order valence-corrected chi connectivity index (χ1v) is 9.44. The number of amidine groups is 1. The van der Waals surface area contributed by atoms with Crippen LogP contribution in [0.2, 0.25) is 5.02 Å². The van der Waals surface area contributed by atoms with Gasteiger partial charge in [0.25, 0.3) is 5.91 Å². The number of anilines is 1. The van der Waals surface area contributed by atoms with Crippen molar-refractivity contribution in [1.29, 1.82) is 0 Å². The number of carbonyl (C=O) groups is 1. The highest BCUT2D eigenvalue weighted by atomic mass is 35.5. The normalized spacial score (nSPS) is 17.6. The maximum absolute atomic E-state index is 11.8. The van der Waals surface area contributed by atoms with Gasteiger partial charge in [-0.25, -0.2) is 4.99 Å². The quantitative estimate of drug-likeness (QED) is 0.655. The van der Waals surface area contributed by atoms with Gasteiger partial charge in [-0.1, -0.05) is 29.8 Å². The van der Waals surface area contributed by atoms with Crippen LogP contribution in [-0.2, 0) is 6.54 Å². The second-order valence-electron chi connectivity index (χ2n) is 6.97. The molecule has 0 aliphatic carbocycles. The maximum atomic E-state index is 11.8. The maximum Gasteiger partial charge on any atom is 0.250 e. The van der Waals surface area contributed by atoms with Gasteiger partial charge in [0.2, 0.25) is 0 Å². The first-order valence-electron chi connectivity index (χ1n) is 9.07. The van der Waals surface area contributed by atoms with Gasteiger partial charge in [-0.3, -0.25) is 4.79 Å². The summed E-state index contributed by atoms with van der Waals surface area (Å²) >= 11 is 6.10. The fourth-order valence-corrected chi connectivity index (χ4v) is 3.97. The molecular formula is C20H22ClN5O. The lowest BCUT2D eigenvalue weighted by Gasteiger charge is -2.43. The van der Waals surface area contributed by atoms with Crippen molar-refractivity contribution >= 4 is 34.7 Å². The van der Waals surface area contributed by atoms with Gasteiger partial charge in [-0.2, -0.15) is 0 Å². The molecule has 2 aliphatic rings. The molecule has 27 heavy (non-hydrogen) atoms. The smallest absolute Gasteiger partial charge is 0.250 e. The van der Waals surface area contributed by atoms with Crippen molar-refractivity contribution in [2.75, 3.05) is 18.4 Å². The van der Waals surface area contributed by atoms with E-state index >= 15 is 0 Å². The van der Waals surface area contributed by atoms with Crippen molar-refractivity contribution in [2.24, 2.45) is 10.7 Å². The summed E-state index contributed by atoms with van der Waals surface area (Å²) in [7, 11) is 0. The van der Waals surface area contributed by atoms with Crippen LogP contribution in [0.3, 0.4) is 0 Å². The van der Waals surface area contributed by atoms with E-state index in [9.17, 15) is 4.79 Å². The minimum Gasteiger partial charge on any atom is -0.371 e. The van der Waals surface area contributed by atoms with Crippen LogP contribution in [-0.4, -0.2) is 30.4 Å². The van der Waals surface area contributed by atoms with Gasteiger partial charge < -0.3 is 21.7 Å². The molecule has 5 N–H and O–H groups in total. The fourth-order valence-electron chi connectivity index (χ4n) is 3.76. The number of nitrogens with zero attached hydrogens (tertiary/aromatic N) is 1. The summed E-state index contributed by atoms with van der Waals surface area (Å²) in [5.74, 6) is 0.359. The number of piperidine rings is 1. The van der Waals surface area contributed by atoms with Gasteiger partial charge in [0, 0.05) is 11.6 Å². The van der Waals surface area contributed by atoms with Crippen LogP contribution >= 0.6 is 11.6 Å². The van der Waals surface area contributed by atoms with E-state index in [1.165, 1.54) is 0 Å². The number of aliphatic imine (C=N–C) groups is 1. The first-order chi connectivity index (χ1) is 13.1. The molecule has 2 aliphatic heterocycles. The third-order valence-corrected chi connectivity index (χ3v) is 5.39.